The van der Waals surface area contributed by atoms with Gasteiger partial charge < -0.3 is 14.5 Å². The van der Waals surface area contributed by atoms with Crippen LogP contribution in [0.2, 0.25) is 0 Å². The number of likely N-dealkylation sites (tertiary alicyclic amines) is 2. The number of nitrogens with one attached hydrogen (secondary N) is 2. The van der Waals surface area contributed by atoms with E-state index in [4.69, 9.17) is 15.6 Å². The van der Waals surface area contributed by atoms with E-state index in [-0.39, 0.29) is 17.7 Å². The van der Waals surface area contributed by atoms with Crippen molar-refractivity contribution in [3.63, 3.8) is 0 Å². The minimum Gasteiger partial charge on any atom is -0.457 e. The first-order valence-electron chi connectivity index (χ1n) is 13.6. The van der Waals surface area contributed by atoms with Crippen LogP contribution in [0, 0.1) is 22.7 Å². The Hall–Kier alpha value is -3.13. The summed E-state index contributed by atoms with van der Waals surface area (Å²) in [5.41, 5.74) is 2.17. The molecule has 2 fully saturated rings. The van der Waals surface area contributed by atoms with E-state index in [1.54, 1.807) is 12.1 Å². The van der Waals surface area contributed by atoms with Crippen molar-refractivity contribution in [1.29, 1.82) is 10.8 Å². The maximum absolute atomic E-state index is 13.4. The lowest BCUT2D eigenvalue weighted by Gasteiger charge is -2.32. The van der Waals surface area contributed by atoms with Gasteiger partial charge in [-0.1, -0.05) is 45.0 Å². The summed E-state index contributed by atoms with van der Waals surface area (Å²) < 4.78 is 6.30. The van der Waals surface area contributed by atoms with Crippen LogP contribution in [0.1, 0.15) is 74.4 Å². The number of hydrogen-bond acceptors (Lipinski definition) is 6. The molecule has 0 aromatic heterocycles. The smallest absolute Gasteiger partial charge is 0.253 e. The molecule has 1 unspecified atom stereocenters. The Morgan fingerprint density at radius 1 is 1.08 bits per heavy atom. The van der Waals surface area contributed by atoms with Crippen LogP contribution in [0.3, 0.4) is 0 Å². The lowest BCUT2D eigenvalue weighted by Crippen LogP contribution is -2.39. The minimum atomic E-state index is 0.0187. The van der Waals surface area contributed by atoms with Crippen molar-refractivity contribution in [2.24, 2.45) is 11.8 Å². The molecule has 0 saturated carbocycles. The summed E-state index contributed by atoms with van der Waals surface area (Å²) in [6.07, 6.45) is 4.70. The number of ether oxygens (including phenoxy) is 1. The van der Waals surface area contributed by atoms with Gasteiger partial charge in [0.15, 0.2) is 0 Å². The van der Waals surface area contributed by atoms with E-state index in [1.165, 1.54) is 6.42 Å². The molecular formula is C30H38N4O3S. The zero-order chi connectivity index (χ0) is 27.2. The van der Waals surface area contributed by atoms with E-state index in [9.17, 15) is 9.59 Å². The van der Waals surface area contributed by atoms with Gasteiger partial charge in [0, 0.05) is 55.2 Å². The Kier molecular flexibility index (Phi) is 9.26. The zero-order valence-corrected chi connectivity index (χ0v) is 23.4. The fourth-order valence-corrected chi connectivity index (χ4v) is 5.55. The summed E-state index contributed by atoms with van der Waals surface area (Å²) in [6, 6.07) is 12.8. The lowest BCUT2D eigenvalue weighted by atomic mass is 9.95. The highest BCUT2D eigenvalue weighted by molar-refractivity contribution is 8.26. The van der Waals surface area contributed by atoms with Crippen LogP contribution in [-0.2, 0) is 11.3 Å². The van der Waals surface area contributed by atoms with E-state index in [0.717, 1.165) is 61.8 Å². The van der Waals surface area contributed by atoms with Crippen LogP contribution >= 0.6 is 11.8 Å². The molecule has 7 nitrogen and oxygen atoms in total. The topological polar surface area (TPSA) is 97.6 Å². The molecule has 202 valence electrons. The van der Waals surface area contributed by atoms with Gasteiger partial charge in [0.25, 0.3) is 5.91 Å². The number of nitrogens with zero attached hydrogens (tertiary/aromatic N) is 2. The largest absolute Gasteiger partial charge is 0.457 e. The Balaban J connectivity index is 1.55. The van der Waals surface area contributed by atoms with Gasteiger partial charge in [0.05, 0.1) is 5.04 Å². The van der Waals surface area contributed by atoms with Crippen molar-refractivity contribution >= 4 is 33.7 Å². The van der Waals surface area contributed by atoms with Gasteiger partial charge in [-0.25, -0.2) is 0 Å². The maximum atomic E-state index is 13.4. The van der Waals surface area contributed by atoms with Crippen LogP contribution in [0.15, 0.2) is 42.5 Å². The van der Waals surface area contributed by atoms with Crippen molar-refractivity contribution in [3.8, 4) is 11.5 Å². The first-order valence-corrected chi connectivity index (χ1v) is 14.4. The number of benzene rings is 2. The molecule has 2 heterocycles. The van der Waals surface area contributed by atoms with Crippen LogP contribution in [-0.4, -0.2) is 51.3 Å². The van der Waals surface area contributed by atoms with Gasteiger partial charge in [0.1, 0.15) is 16.5 Å². The van der Waals surface area contributed by atoms with Crippen LogP contribution < -0.4 is 4.74 Å². The average Bonchev–Trinajstić information content (AvgIpc) is 3.33. The van der Waals surface area contributed by atoms with E-state index < -0.39 is 0 Å². The summed E-state index contributed by atoms with van der Waals surface area (Å²) in [5, 5.41) is 17.1. The normalized spacial score (nSPS) is 17.7. The summed E-state index contributed by atoms with van der Waals surface area (Å²) in [6.45, 7) is 8.80. The Labute approximate surface area is 229 Å². The molecule has 2 aliphatic heterocycles. The number of amides is 2. The predicted octanol–water partition coefficient (Wildman–Crippen LogP) is 6.56. The first-order chi connectivity index (χ1) is 18.2. The SMILES string of the molecule is CCC1CCCN(C(=O)c2ccc(CN3CCCC3=O)c(Oc3ccc(C(=N)SC(=N)C(C)C)cc3)c2)C1. The molecule has 1 atom stereocenters. The summed E-state index contributed by atoms with van der Waals surface area (Å²) >= 11 is 1.16. The molecule has 2 N–H and O–H groups in total. The third kappa shape index (κ3) is 6.84. The monoisotopic (exact) mass is 534 g/mol. The number of carbonyl (C=O) groups excluding carboxylic acids is 2. The minimum absolute atomic E-state index is 0.0187. The number of thioether (sulfide) groups is 1. The van der Waals surface area contributed by atoms with Gasteiger partial charge in [0.2, 0.25) is 5.91 Å². The van der Waals surface area contributed by atoms with E-state index in [1.807, 2.05) is 54.0 Å². The second-order valence-corrected chi connectivity index (χ2v) is 11.5. The number of rotatable bonds is 8. The standard InChI is InChI=1S/C30H38N4O3S/c1-4-21-7-5-16-34(18-21)30(36)23-9-10-24(19-33-15-6-8-27(33)35)26(17-23)37-25-13-11-22(12-14-25)29(32)38-28(31)20(2)3/h9-14,17,20-21,31-32H,4-8,15-16,18-19H2,1-3H3. The third-order valence-corrected chi connectivity index (χ3v) is 8.44. The molecule has 2 saturated heterocycles. The Bertz CT molecular complexity index is 1190. The van der Waals surface area contributed by atoms with Crippen LogP contribution in [0.25, 0.3) is 0 Å². The predicted molar refractivity (Wildman–Crippen MR) is 154 cm³/mol. The summed E-state index contributed by atoms with van der Waals surface area (Å²) in [5.74, 6) is 1.94. The second-order valence-electron chi connectivity index (χ2n) is 10.5. The van der Waals surface area contributed by atoms with Crippen molar-refractivity contribution in [2.75, 3.05) is 19.6 Å². The molecular weight excluding hydrogens is 496 g/mol. The molecule has 0 spiro atoms. The molecule has 0 aliphatic carbocycles. The average molecular weight is 535 g/mol. The molecule has 0 bridgehead atoms. The van der Waals surface area contributed by atoms with E-state index >= 15 is 0 Å². The third-order valence-electron chi connectivity index (χ3n) is 7.31. The van der Waals surface area contributed by atoms with Crippen LogP contribution in [0.4, 0.5) is 0 Å². The number of hydrogen-bond donors (Lipinski definition) is 2. The van der Waals surface area contributed by atoms with E-state index in [0.29, 0.717) is 46.0 Å². The van der Waals surface area contributed by atoms with Crippen molar-refractivity contribution in [1.82, 2.24) is 9.80 Å². The number of carbonyl (C=O) groups is 2. The molecule has 2 aromatic rings. The molecule has 2 amide bonds. The van der Waals surface area contributed by atoms with Gasteiger partial charge in [-0.2, -0.15) is 0 Å². The van der Waals surface area contributed by atoms with Gasteiger partial charge in [-0.3, -0.25) is 20.4 Å². The lowest BCUT2D eigenvalue weighted by molar-refractivity contribution is -0.128. The molecule has 38 heavy (non-hydrogen) atoms. The van der Waals surface area contributed by atoms with Crippen molar-refractivity contribution < 1.29 is 14.3 Å². The zero-order valence-electron chi connectivity index (χ0n) is 22.6. The molecule has 0 radical (unpaired) electrons. The summed E-state index contributed by atoms with van der Waals surface area (Å²) in [4.78, 5) is 29.5. The fourth-order valence-electron chi connectivity index (χ4n) is 4.84. The van der Waals surface area contributed by atoms with Gasteiger partial charge >= 0.3 is 0 Å². The van der Waals surface area contributed by atoms with Gasteiger partial charge in [-0.15, -0.1) is 0 Å². The highest BCUT2D eigenvalue weighted by atomic mass is 32.2. The van der Waals surface area contributed by atoms with Gasteiger partial charge in [-0.05, 0) is 61.6 Å². The molecule has 2 aromatic carbocycles. The second kappa shape index (κ2) is 12.6. The fraction of sp³-hybridized carbons (Fsp3) is 0.467. The van der Waals surface area contributed by atoms with Crippen molar-refractivity contribution in [2.45, 2.75) is 59.4 Å². The quantitative estimate of drug-likeness (QED) is 0.296. The Morgan fingerprint density at radius 2 is 1.82 bits per heavy atom. The maximum Gasteiger partial charge on any atom is 0.253 e. The first kappa shape index (κ1) is 27.9. The van der Waals surface area contributed by atoms with E-state index in [2.05, 4.69) is 6.92 Å². The molecule has 4 rings (SSSR count). The van der Waals surface area contributed by atoms with Crippen LogP contribution in [0.5, 0.6) is 11.5 Å². The highest BCUT2D eigenvalue weighted by Gasteiger charge is 2.26. The number of piperidine rings is 1. The highest BCUT2D eigenvalue weighted by Crippen LogP contribution is 2.31. The van der Waals surface area contributed by atoms with Crippen molar-refractivity contribution in [3.05, 3.63) is 59.2 Å². The Morgan fingerprint density at radius 3 is 2.47 bits per heavy atom. The molecule has 8 heteroatoms. The summed E-state index contributed by atoms with van der Waals surface area (Å²) in [7, 11) is 0. The molecule has 2 aliphatic rings.